The SMILES string of the molecule is Cc1nc(C)c(CCOc2cc(F)ccc2-c2ccc3c(c2)c(CN(C)C)nn3C)s1. The first kappa shape index (κ1) is 21.5. The molecule has 2 aromatic carbocycles. The molecule has 0 aliphatic carbocycles. The van der Waals surface area contributed by atoms with Gasteiger partial charge >= 0.3 is 0 Å². The Hall–Kier alpha value is -2.77. The highest BCUT2D eigenvalue weighted by molar-refractivity contribution is 7.11. The molecular formula is C24H27FN4OS. The molecule has 0 aliphatic heterocycles. The standard InChI is InChI=1S/C24H27FN4OS/c1-15-24(31-16(2)26-15)10-11-30-23-13-18(25)7-8-19(23)17-6-9-22-20(12-17)21(14-28(3)4)27-29(22)5/h6-9,12-13H,10-11,14H2,1-5H3. The molecule has 5 nitrogen and oxygen atoms in total. The first-order valence-electron chi connectivity index (χ1n) is 10.3. The maximum atomic E-state index is 14.0. The van der Waals surface area contributed by atoms with Gasteiger partial charge in [-0.2, -0.15) is 5.10 Å². The lowest BCUT2D eigenvalue weighted by molar-refractivity contribution is 0.322. The van der Waals surface area contributed by atoms with E-state index >= 15 is 0 Å². The number of hydrogen-bond acceptors (Lipinski definition) is 5. The van der Waals surface area contributed by atoms with Crippen LogP contribution in [0, 0.1) is 19.7 Å². The highest BCUT2D eigenvalue weighted by Gasteiger charge is 2.14. The lowest BCUT2D eigenvalue weighted by atomic mass is 10.0. The smallest absolute Gasteiger partial charge is 0.130 e. The van der Waals surface area contributed by atoms with Gasteiger partial charge in [0.05, 0.1) is 28.5 Å². The van der Waals surface area contributed by atoms with Gasteiger partial charge < -0.3 is 9.64 Å². The molecular weight excluding hydrogens is 411 g/mol. The number of halogens is 1. The van der Waals surface area contributed by atoms with Crippen molar-refractivity contribution in [3.8, 4) is 16.9 Å². The van der Waals surface area contributed by atoms with Gasteiger partial charge in [0.25, 0.3) is 0 Å². The quantitative estimate of drug-likeness (QED) is 0.401. The molecule has 4 rings (SSSR count). The van der Waals surface area contributed by atoms with E-state index in [9.17, 15) is 4.39 Å². The van der Waals surface area contributed by atoms with Crippen LogP contribution in [0.3, 0.4) is 0 Å². The van der Waals surface area contributed by atoms with Crippen molar-refractivity contribution >= 4 is 22.2 Å². The lowest BCUT2D eigenvalue weighted by Crippen LogP contribution is -2.11. The van der Waals surface area contributed by atoms with Crippen LogP contribution in [-0.2, 0) is 20.0 Å². The van der Waals surface area contributed by atoms with Gasteiger partial charge in [0, 0.05) is 41.9 Å². The molecule has 0 bridgehead atoms. The number of thiazole rings is 1. The van der Waals surface area contributed by atoms with E-state index in [1.165, 1.54) is 17.0 Å². The third-order valence-corrected chi connectivity index (χ3v) is 6.37. The fourth-order valence-corrected chi connectivity index (χ4v) is 4.75. The van der Waals surface area contributed by atoms with Crippen LogP contribution in [0.2, 0.25) is 0 Å². The molecule has 2 aromatic heterocycles. The van der Waals surface area contributed by atoms with E-state index in [0.717, 1.165) is 51.4 Å². The van der Waals surface area contributed by atoms with Crippen LogP contribution in [0.4, 0.5) is 4.39 Å². The Bertz CT molecular complexity index is 1230. The lowest BCUT2D eigenvalue weighted by Gasteiger charge is -2.13. The van der Waals surface area contributed by atoms with Crippen LogP contribution in [0.1, 0.15) is 21.3 Å². The summed E-state index contributed by atoms with van der Waals surface area (Å²) < 4.78 is 22.0. The molecule has 0 fully saturated rings. The van der Waals surface area contributed by atoms with E-state index in [1.807, 2.05) is 45.7 Å². The van der Waals surface area contributed by atoms with Crippen LogP contribution in [0.25, 0.3) is 22.0 Å². The molecule has 0 radical (unpaired) electrons. The van der Waals surface area contributed by atoms with Crippen molar-refractivity contribution in [2.24, 2.45) is 7.05 Å². The van der Waals surface area contributed by atoms with Crippen molar-refractivity contribution in [1.82, 2.24) is 19.7 Å². The fourth-order valence-electron chi connectivity index (χ4n) is 3.84. The number of rotatable bonds is 7. The van der Waals surface area contributed by atoms with E-state index in [0.29, 0.717) is 12.4 Å². The summed E-state index contributed by atoms with van der Waals surface area (Å²) in [4.78, 5) is 7.78. The van der Waals surface area contributed by atoms with Crippen molar-refractivity contribution < 1.29 is 9.13 Å². The second-order valence-corrected chi connectivity index (χ2v) is 9.31. The molecule has 0 spiro atoms. The van der Waals surface area contributed by atoms with Gasteiger partial charge in [0.1, 0.15) is 11.6 Å². The first-order valence-corrected chi connectivity index (χ1v) is 11.1. The van der Waals surface area contributed by atoms with Gasteiger partial charge in [-0.15, -0.1) is 11.3 Å². The first-order chi connectivity index (χ1) is 14.8. The molecule has 0 saturated heterocycles. The maximum absolute atomic E-state index is 14.0. The van der Waals surface area contributed by atoms with E-state index in [2.05, 4.69) is 27.1 Å². The van der Waals surface area contributed by atoms with E-state index in [1.54, 1.807) is 17.4 Å². The predicted molar refractivity (Wildman–Crippen MR) is 124 cm³/mol. The predicted octanol–water partition coefficient (Wildman–Crippen LogP) is 5.14. The van der Waals surface area contributed by atoms with Crippen LogP contribution in [0.5, 0.6) is 5.75 Å². The number of nitrogens with zero attached hydrogens (tertiary/aromatic N) is 4. The van der Waals surface area contributed by atoms with Crippen molar-refractivity contribution in [1.29, 1.82) is 0 Å². The molecule has 0 N–H and O–H groups in total. The summed E-state index contributed by atoms with van der Waals surface area (Å²) >= 11 is 1.68. The highest BCUT2D eigenvalue weighted by atomic mass is 32.1. The average molecular weight is 439 g/mol. The molecule has 0 amide bonds. The van der Waals surface area contributed by atoms with Gasteiger partial charge in [-0.05, 0) is 57.8 Å². The Morgan fingerprint density at radius 2 is 1.94 bits per heavy atom. The fraction of sp³-hybridized carbons (Fsp3) is 0.333. The van der Waals surface area contributed by atoms with Gasteiger partial charge in [-0.25, -0.2) is 9.37 Å². The Morgan fingerprint density at radius 1 is 1.13 bits per heavy atom. The van der Waals surface area contributed by atoms with Gasteiger partial charge in [0.2, 0.25) is 0 Å². The van der Waals surface area contributed by atoms with E-state index in [-0.39, 0.29) is 5.82 Å². The number of hydrogen-bond donors (Lipinski definition) is 0. The Kier molecular flexibility index (Phi) is 6.07. The molecule has 31 heavy (non-hydrogen) atoms. The second-order valence-electron chi connectivity index (χ2n) is 8.02. The number of benzene rings is 2. The number of ether oxygens (including phenoxy) is 1. The molecule has 0 aliphatic rings. The minimum Gasteiger partial charge on any atom is -0.492 e. The van der Waals surface area contributed by atoms with Crippen LogP contribution < -0.4 is 4.74 Å². The largest absolute Gasteiger partial charge is 0.492 e. The van der Waals surface area contributed by atoms with Crippen molar-refractivity contribution in [2.75, 3.05) is 20.7 Å². The van der Waals surface area contributed by atoms with E-state index < -0.39 is 0 Å². The second kappa shape index (κ2) is 8.77. The zero-order valence-electron chi connectivity index (χ0n) is 18.6. The monoisotopic (exact) mass is 438 g/mol. The molecule has 7 heteroatoms. The Balaban J connectivity index is 1.64. The summed E-state index contributed by atoms with van der Waals surface area (Å²) in [7, 11) is 6.02. The third-order valence-electron chi connectivity index (χ3n) is 5.23. The van der Waals surface area contributed by atoms with E-state index in [4.69, 9.17) is 4.74 Å². The Labute approximate surface area is 186 Å². The minimum absolute atomic E-state index is 0.306. The topological polar surface area (TPSA) is 43.2 Å². The number of aromatic nitrogens is 3. The average Bonchev–Trinajstić information content (AvgIpc) is 3.19. The summed E-state index contributed by atoms with van der Waals surface area (Å²) in [5.41, 5.74) is 4.99. The molecule has 0 unspecified atom stereocenters. The third kappa shape index (κ3) is 4.62. The highest BCUT2D eigenvalue weighted by Crippen LogP contribution is 2.34. The number of fused-ring (bicyclic) bond motifs is 1. The Morgan fingerprint density at radius 3 is 2.65 bits per heavy atom. The molecule has 0 atom stereocenters. The van der Waals surface area contributed by atoms with Crippen LogP contribution in [-0.4, -0.2) is 40.4 Å². The van der Waals surface area contributed by atoms with Gasteiger partial charge in [0.15, 0.2) is 0 Å². The van der Waals surface area contributed by atoms with Crippen molar-refractivity contribution in [3.63, 3.8) is 0 Å². The summed E-state index contributed by atoms with van der Waals surface area (Å²) in [6, 6.07) is 11.0. The molecule has 0 saturated carbocycles. The van der Waals surface area contributed by atoms with Crippen LogP contribution in [0.15, 0.2) is 36.4 Å². The maximum Gasteiger partial charge on any atom is 0.130 e. The van der Waals surface area contributed by atoms with Crippen molar-refractivity contribution in [3.05, 3.63) is 63.5 Å². The summed E-state index contributed by atoms with van der Waals surface area (Å²) in [6.07, 6.45) is 0.752. The normalized spacial score (nSPS) is 11.6. The molecule has 162 valence electrons. The zero-order valence-corrected chi connectivity index (χ0v) is 19.4. The van der Waals surface area contributed by atoms with Crippen LogP contribution >= 0.6 is 11.3 Å². The van der Waals surface area contributed by atoms with Crippen molar-refractivity contribution in [2.45, 2.75) is 26.8 Å². The minimum atomic E-state index is -0.306. The van der Waals surface area contributed by atoms with Gasteiger partial charge in [-0.3, -0.25) is 4.68 Å². The summed E-state index contributed by atoms with van der Waals surface area (Å²) in [6.45, 7) is 5.24. The zero-order chi connectivity index (χ0) is 22.1. The molecule has 2 heterocycles. The van der Waals surface area contributed by atoms with Gasteiger partial charge in [-0.1, -0.05) is 6.07 Å². The molecule has 4 aromatic rings. The summed E-state index contributed by atoms with van der Waals surface area (Å²) in [5, 5.41) is 6.82. The number of aryl methyl sites for hydroxylation is 3. The summed E-state index contributed by atoms with van der Waals surface area (Å²) in [5.74, 6) is 0.246.